The van der Waals surface area contributed by atoms with Gasteiger partial charge in [0.25, 0.3) is 0 Å². The number of benzene rings is 2. The molecule has 0 spiro atoms. The molecule has 2 atom stereocenters. The lowest BCUT2D eigenvalue weighted by Gasteiger charge is -2.37. The van der Waals surface area contributed by atoms with Crippen LogP contribution >= 0.6 is 11.3 Å². The number of thiophene rings is 1. The fourth-order valence-electron chi connectivity index (χ4n) is 3.73. The van der Waals surface area contributed by atoms with E-state index in [9.17, 15) is 0 Å². The molecule has 2 aliphatic heterocycles. The van der Waals surface area contributed by atoms with Crippen LogP contribution in [0.1, 0.15) is 34.7 Å². The summed E-state index contributed by atoms with van der Waals surface area (Å²) in [5.41, 5.74) is 3.38. The lowest BCUT2D eigenvalue weighted by Crippen LogP contribution is -2.33. The minimum absolute atomic E-state index is 0.184. The molecule has 2 aliphatic rings. The van der Waals surface area contributed by atoms with E-state index < -0.39 is 0 Å². The first kappa shape index (κ1) is 17.1. The average molecular weight is 388 g/mol. The normalized spacial score (nSPS) is 20.0. The third-order valence-corrected chi connectivity index (χ3v) is 5.94. The molecule has 0 bridgehead atoms. The minimum atomic E-state index is -0.187. The lowest BCUT2D eigenvalue weighted by atomic mass is 9.96. The zero-order valence-corrected chi connectivity index (χ0v) is 16.1. The highest BCUT2D eigenvalue weighted by Gasteiger charge is 2.41. The van der Waals surface area contributed by atoms with E-state index in [1.165, 1.54) is 5.56 Å². The molecular weight excluding hydrogens is 368 g/mol. The van der Waals surface area contributed by atoms with Gasteiger partial charge in [-0.05, 0) is 47.3 Å². The average Bonchev–Trinajstić information content (AvgIpc) is 3.42. The van der Waals surface area contributed by atoms with Crippen LogP contribution in [0.5, 0.6) is 11.5 Å². The maximum Gasteiger partial charge on any atom is 0.222 e. The molecule has 0 radical (unpaired) electrons. The van der Waals surface area contributed by atoms with Gasteiger partial charge < -0.3 is 9.47 Å². The van der Waals surface area contributed by atoms with Gasteiger partial charge in [-0.1, -0.05) is 36.9 Å². The van der Waals surface area contributed by atoms with Crippen LogP contribution in [-0.2, 0) is 0 Å². The van der Waals surface area contributed by atoms with Crippen molar-refractivity contribution >= 4 is 17.0 Å². The Balaban J connectivity index is 1.48. The lowest BCUT2D eigenvalue weighted by molar-refractivity contribution is -0.0165. The molecule has 4 nitrogen and oxygen atoms in total. The van der Waals surface area contributed by atoms with E-state index in [1.807, 2.05) is 18.2 Å². The van der Waals surface area contributed by atoms with Crippen LogP contribution in [0.3, 0.4) is 0 Å². The number of fused-ring (bicyclic) bond motifs is 3. The van der Waals surface area contributed by atoms with Gasteiger partial charge in [-0.25, -0.2) is 5.01 Å². The molecule has 0 unspecified atom stereocenters. The van der Waals surface area contributed by atoms with E-state index in [2.05, 4.69) is 59.4 Å². The van der Waals surface area contributed by atoms with Gasteiger partial charge in [-0.2, -0.15) is 5.10 Å². The van der Waals surface area contributed by atoms with Crippen molar-refractivity contribution in [2.75, 3.05) is 6.61 Å². The Hall–Kier alpha value is -3.05. The molecule has 0 N–H and O–H groups in total. The maximum atomic E-state index is 6.34. The number of hydrazone groups is 1. The van der Waals surface area contributed by atoms with Crippen LogP contribution < -0.4 is 9.47 Å². The van der Waals surface area contributed by atoms with Crippen molar-refractivity contribution in [2.24, 2.45) is 5.10 Å². The quantitative estimate of drug-likeness (QED) is 0.537. The standard InChI is InChI=1S/C23H20N2O2S/c1-2-13-26-17-11-9-16(10-12-17)19-15-20-18-6-3-4-7-21(18)27-23(25(20)24-19)22-8-5-14-28-22/h2-12,14,20,23H,1,13,15H2/t20-,23+/m1/s1. The summed E-state index contributed by atoms with van der Waals surface area (Å²) in [5.74, 6) is 1.79. The molecule has 3 aromatic rings. The van der Waals surface area contributed by atoms with Gasteiger partial charge in [0.2, 0.25) is 6.23 Å². The molecule has 5 rings (SSSR count). The SMILES string of the molecule is C=CCOc1ccc(C2=NN3[C@H](C2)c2ccccc2O[C@H]3c2cccs2)cc1. The zero-order valence-electron chi connectivity index (χ0n) is 15.3. The summed E-state index contributed by atoms with van der Waals surface area (Å²) < 4.78 is 11.9. The first-order valence-corrected chi connectivity index (χ1v) is 10.2. The third kappa shape index (κ3) is 2.98. The third-order valence-electron chi connectivity index (χ3n) is 5.04. The molecule has 1 aromatic heterocycles. The largest absolute Gasteiger partial charge is 0.490 e. The highest BCUT2D eigenvalue weighted by Crippen LogP contribution is 2.48. The summed E-state index contributed by atoms with van der Waals surface area (Å²) in [7, 11) is 0. The van der Waals surface area contributed by atoms with Crippen molar-refractivity contribution in [1.82, 2.24) is 5.01 Å². The number of para-hydroxylation sites is 1. The predicted octanol–water partition coefficient (Wildman–Crippen LogP) is 5.56. The highest BCUT2D eigenvalue weighted by atomic mass is 32.1. The second-order valence-electron chi connectivity index (χ2n) is 6.79. The van der Waals surface area contributed by atoms with Crippen molar-refractivity contribution in [3.05, 3.63) is 94.7 Å². The first-order chi connectivity index (χ1) is 13.8. The fraction of sp³-hybridized carbons (Fsp3) is 0.174. The summed E-state index contributed by atoms with van der Waals surface area (Å²) in [6.45, 7) is 4.19. The molecule has 2 aromatic carbocycles. The van der Waals surface area contributed by atoms with Crippen LogP contribution in [0.15, 0.2) is 83.8 Å². The van der Waals surface area contributed by atoms with Gasteiger partial charge in [0.05, 0.1) is 16.6 Å². The summed E-state index contributed by atoms with van der Waals surface area (Å²) >= 11 is 1.70. The monoisotopic (exact) mass is 388 g/mol. The summed E-state index contributed by atoms with van der Waals surface area (Å²) in [4.78, 5) is 1.16. The number of rotatable bonds is 5. The summed E-state index contributed by atoms with van der Waals surface area (Å²) in [5, 5.41) is 9.18. The second-order valence-corrected chi connectivity index (χ2v) is 7.77. The molecule has 140 valence electrons. The van der Waals surface area contributed by atoms with Gasteiger partial charge in [0.15, 0.2) is 0 Å². The molecule has 0 aliphatic carbocycles. The van der Waals surface area contributed by atoms with Gasteiger partial charge in [-0.15, -0.1) is 11.3 Å². The van der Waals surface area contributed by atoms with Gasteiger partial charge in [0, 0.05) is 12.0 Å². The minimum Gasteiger partial charge on any atom is -0.490 e. The molecule has 3 heterocycles. The van der Waals surface area contributed by atoms with Crippen molar-refractivity contribution in [1.29, 1.82) is 0 Å². The van der Waals surface area contributed by atoms with E-state index in [0.29, 0.717) is 6.61 Å². The summed E-state index contributed by atoms with van der Waals surface area (Å²) in [6, 6.07) is 20.8. The highest BCUT2D eigenvalue weighted by molar-refractivity contribution is 7.10. The maximum absolute atomic E-state index is 6.34. The Labute approximate surface area is 168 Å². The zero-order chi connectivity index (χ0) is 18.9. The molecule has 0 saturated heterocycles. The number of hydrogen-bond acceptors (Lipinski definition) is 5. The van der Waals surface area contributed by atoms with Gasteiger partial charge in [0.1, 0.15) is 18.1 Å². The van der Waals surface area contributed by atoms with Crippen molar-refractivity contribution in [2.45, 2.75) is 18.7 Å². The Morgan fingerprint density at radius 3 is 2.79 bits per heavy atom. The fourth-order valence-corrected chi connectivity index (χ4v) is 4.47. The van der Waals surface area contributed by atoms with Gasteiger partial charge in [-0.3, -0.25) is 0 Å². The first-order valence-electron chi connectivity index (χ1n) is 9.32. The van der Waals surface area contributed by atoms with E-state index in [-0.39, 0.29) is 12.3 Å². The van der Waals surface area contributed by atoms with E-state index in [1.54, 1.807) is 17.4 Å². The van der Waals surface area contributed by atoms with Crippen molar-refractivity contribution < 1.29 is 9.47 Å². The number of hydrogen-bond donors (Lipinski definition) is 0. The Morgan fingerprint density at radius 2 is 2.00 bits per heavy atom. The van der Waals surface area contributed by atoms with Crippen LogP contribution in [0.25, 0.3) is 0 Å². The number of ether oxygens (including phenoxy) is 2. The molecule has 28 heavy (non-hydrogen) atoms. The molecule has 0 fully saturated rings. The Kier molecular flexibility index (Phi) is 4.37. The second kappa shape index (κ2) is 7.17. The molecular formula is C23H20N2O2S. The van der Waals surface area contributed by atoms with Crippen LogP contribution in [0, 0.1) is 0 Å². The Morgan fingerprint density at radius 1 is 1.14 bits per heavy atom. The van der Waals surface area contributed by atoms with E-state index >= 15 is 0 Å². The topological polar surface area (TPSA) is 34.1 Å². The Bertz CT molecular complexity index is 1010. The van der Waals surface area contributed by atoms with E-state index in [4.69, 9.17) is 14.6 Å². The predicted molar refractivity (Wildman–Crippen MR) is 112 cm³/mol. The van der Waals surface area contributed by atoms with Crippen molar-refractivity contribution in [3.63, 3.8) is 0 Å². The molecule has 0 amide bonds. The molecule has 0 saturated carbocycles. The van der Waals surface area contributed by atoms with Crippen molar-refractivity contribution in [3.8, 4) is 11.5 Å². The number of nitrogens with zero attached hydrogens (tertiary/aromatic N) is 2. The van der Waals surface area contributed by atoms with E-state index in [0.717, 1.165) is 34.1 Å². The van der Waals surface area contributed by atoms with Crippen LogP contribution in [-0.4, -0.2) is 17.3 Å². The summed E-state index contributed by atoms with van der Waals surface area (Å²) in [6.07, 6.45) is 2.41. The van der Waals surface area contributed by atoms with Crippen LogP contribution in [0.4, 0.5) is 0 Å². The smallest absolute Gasteiger partial charge is 0.222 e. The van der Waals surface area contributed by atoms with Crippen LogP contribution in [0.2, 0.25) is 0 Å². The molecule has 5 heteroatoms. The van der Waals surface area contributed by atoms with Gasteiger partial charge >= 0.3 is 0 Å².